The molecule has 1 N–H and O–H groups in total. The lowest BCUT2D eigenvalue weighted by Gasteiger charge is -2.26. The molecule has 0 bridgehead atoms. The molecule has 4 aromatic heterocycles. The average molecular weight is 390 g/mol. The van der Waals surface area contributed by atoms with Gasteiger partial charge in [-0.3, -0.25) is 9.78 Å². The number of rotatable bonds is 3. The lowest BCUT2D eigenvalue weighted by atomic mass is 10.1. The van der Waals surface area contributed by atoms with Crippen LogP contribution in [0.25, 0.3) is 21.3 Å². The number of piperidine rings is 1. The summed E-state index contributed by atoms with van der Waals surface area (Å²) < 4.78 is 0.904. The second-order valence-electron chi connectivity index (χ2n) is 6.77. The molecular formula is C20H18N6OS. The maximum atomic E-state index is 12.9. The van der Waals surface area contributed by atoms with Crippen LogP contribution in [0, 0.1) is 0 Å². The Bertz CT molecular complexity index is 1170. The van der Waals surface area contributed by atoms with Crippen molar-refractivity contribution in [3.63, 3.8) is 0 Å². The number of nitrogens with zero attached hydrogens (tertiary/aromatic N) is 5. The summed E-state index contributed by atoms with van der Waals surface area (Å²) in [6.07, 6.45) is 7.09. The van der Waals surface area contributed by atoms with Crippen LogP contribution in [-0.2, 0) is 0 Å². The fraction of sp³-hybridized carbons (Fsp3) is 0.250. The van der Waals surface area contributed by atoms with Crippen LogP contribution >= 0.6 is 11.3 Å². The van der Waals surface area contributed by atoms with Gasteiger partial charge in [-0.1, -0.05) is 0 Å². The standard InChI is InChI=1S/C20H18N6OS/c27-19(24-17-7-6-14-15(23-17)5-4-8-21-14)13-12-28-16-11-22-20(25-18(13)16)26-9-2-1-3-10-26/h4-8,11-12H,1-3,9-10H2,(H,23,24,27). The van der Waals surface area contributed by atoms with E-state index in [0.29, 0.717) is 22.8 Å². The average Bonchev–Trinajstić information content (AvgIpc) is 3.18. The SMILES string of the molecule is O=C(Nc1ccc2ncccc2n1)c1csc2cnc(N3CCCCC3)nc12. The highest BCUT2D eigenvalue weighted by molar-refractivity contribution is 7.17. The lowest BCUT2D eigenvalue weighted by molar-refractivity contribution is 0.102. The Morgan fingerprint density at radius 2 is 1.93 bits per heavy atom. The van der Waals surface area contributed by atoms with Crippen LogP contribution in [0.2, 0.25) is 0 Å². The molecule has 140 valence electrons. The van der Waals surface area contributed by atoms with Crippen molar-refractivity contribution < 1.29 is 4.79 Å². The molecule has 7 nitrogen and oxygen atoms in total. The molecule has 0 atom stereocenters. The summed E-state index contributed by atoms with van der Waals surface area (Å²) in [6, 6.07) is 7.30. The predicted molar refractivity (Wildman–Crippen MR) is 111 cm³/mol. The Hall–Kier alpha value is -3.13. The number of aromatic nitrogens is 4. The van der Waals surface area contributed by atoms with Crippen LogP contribution in [-0.4, -0.2) is 38.9 Å². The topological polar surface area (TPSA) is 83.9 Å². The Labute approximate surface area is 165 Å². The van der Waals surface area contributed by atoms with E-state index in [-0.39, 0.29) is 5.91 Å². The van der Waals surface area contributed by atoms with Crippen molar-refractivity contribution in [2.45, 2.75) is 19.3 Å². The molecule has 0 aromatic carbocycles. The fourth-order valence-corrected chi connectivity index (χ4v) is 4.28. The second kappa shape index (κ2) is 7.12. The van der Waals surface area contributed by atoms with Crippen molar-refractivity contribution >= 4 is 50.3 Å². The zero-order chi connectivity index (χ0) is 18.9. The van der Waals surface area contributed by atoms with Crippen LogP contribution < -0.4 is 10.2 Å². The van der Waals surface area contributed by atoms with Crippen molar-refractivity contribution in [1.82, 2.24) is 19.9 Å². The Morgan fingerprint density at radius 3 is 2.82 bits per heavy atom. The van der Waals surface area contributed by atoms with E-state index < -0.39 is 0 Å². The molecule has 0 radical (unpaired) electrons. The summed E-state index contributed by atoms with van der Waals surface area (Å²) in [5.41, 5.74) is 2.78. The molecule has 5 rings (SSSR count). The highest BCUT2D eigenvalue weighted by Crippen LogP contribution is 2.27. The first-order valence-electron chi connectivity index (χ1n) is 9.30. The van der Waals surface area contributed by atoms with Gasteiger partial charge in [0.15, 0.2) is 0 Å². The zero-order valence-electron chi connectivity index (χ0n) is 15.1. The van der Waals surface area contributed by atoms with E-state index in [2.05, 4.69) is 25.2 Å². The number of thiophene rings is 1. The number of hydrogen-bond acceptors (Lipinski definition) is 7. The maximum Gasteiger partial charge on any atom is 0.259 e. The summed E-state index contributed by atoms with van der Waals surface area (Å²) in [5.74, 6) is 0.981. The quantitative estimate of drug-likeness (QED) is 0.572. The third-order valence-electron chi connectivity index (χ3n) is 4.88. The number of hydrogen-bond donors (Lipinski definition) is 1. The number of nitrogens with one attached hydrogen (secondary N) is 1. The molecule has 1 fully saturated rings. The van der Waals surface area contributed by atoms with Gasteiger partial charge in [0.2, 0.25) is 5.95 Å². The van der Waals surface area contributed by atoms with Gasteiger partial charge < -0.3 is 10.2 Å². The Morgan fingerprint density at radius 1 is 1.04 bits per heavy atom. The maximum absolute atomic E-state index is 12.9. The van der Waals surface area contributed by atoms with E-state index in [4.69, 9.17) is 4.98 Å². The zero-order valence-corrected chi connectivity index (χ0v) is 15.9. The van der Waals surface area contributed by atoms with Gasteiger partial charge in [-0.25, -0.2) is 15.0 Å². The first kappa shape index (κ1) is 17.0. The van der Waals surface area contributed by atoms with Gasteiger partial charge >= 0.3 is 0 Å². The molecule has 0 saturated carbocycles. The van der Waals surface area contributed by atoms with Crippen LogP contribution in [0.15, 0.2) is 42.0 Å². The van der Waals surface area contributed by atoms with E-state index in [1.165, 1.54) is 17.8 Å². The second-order valence-corrected chi connectivity index (χ2v) is 7.68. The third kappa shape index (κ3) is 3.16. The number of pyridine rings is 2. The van der Waals surface area contributed by atoms with E-state index >= 15 is 0 Å². The highest BCUT2D eigenvalue weighted by atomic mass is 32.1. The number of carbonyl (C=O) groups is 1. The first-order chi connectivity index (χ1) is 13.8. The number of anilines is 2. The highest BCUT2D eigenvalue weighted by Gasteiger charge is 2.18. The van der Waals surface area contributed by atoms with Crippen molar-refractivity contribution in [2.75, 3.05) is 23.3 Å². The van der Waals surface area contributed by atoms with E-state index in [0.717, 1.165) is 41.7 Å². The molecule has 0 unspecified atom stereocenters. The summed E-state index contributed by atoms with van der Waals surface area (Å²) in [6.45, 7) is 1.93. The fourth-order valence-electron chi connectivity index (χ4n) is 3.44. The van der Waals surface area contributed by atoms with Crippen LogP contribution in [0.5, 0.6) is 0 Å². The third-order valence-corrected chi connectivity index (χ3v) is 5.79. The van der Waals surface area contributed by atoms with Gasteiger partial charge in [0.05, 0.1) is 33.0 Å². The van der Waals surface area contributed by atoms with Crippen molar-refractivity contribution in [3.8, 4) is 0 Å². The van der Waals surface area contributed by atoms with Crippen molar-refractivity contribution in [3.05, 3.63) is 47.6 Å². The molecule has 1 amide bonds. The first-order valence-corrected chi connectivity index (χ1v) is 10.2. The molecular weight excluding hydrogens is 372 g/mol. The number of carbonyl (C=O) groups excluding carboxylic acids is 1. The summed E-state index contributed by atoms with van der Waals surface area (Å²) in [7, 11) is 0. The van der Waals surface area contributed by atoms with Crippen LogP contribution in [0.3, 0.4) is 0 Å². The Balaban J connectivity index is 1.44. The molecule has 1 saturated heterocycles. The molecule has 0 aliphatic carbocycles. The van der Waals surface area contributed by atoms with Gasteiger partial charge in [-0.2, -0.15) is 0 Å². The minimum absolute atomic E-state index is 0.217. The minimum atomic E-state index is -0.217. The monoisotopic (exact) mass is 390 g/mol. The van der Waals surface area contributed by atoms with Gasteiger partial charge in [0, 0.05) is 24.7 Å². The number of amides is 1. The van der Waals surface area contributed by atoms with Gasteiger partial charge in [0.25, 0.3) is 5.91 Å². The van der Waals surface area contributed by atoms with Gasteiger partial charge in [-0.15, -0.1) is 11.3 Å². The Kier molecular flexibility index (Phi) is 4.32. The van der Waals surface area contributed by atoms with E-state index in [1.54, 1.807) is 12.3 Å². The van der Waals surface area contributed by atoms with E-state index in [9.17, 15) is 4.79 Å². The van der Waals surface area contributed by atoms with Crippen LogP contribution in [0.1, 0.15) is 29.6 Å². The van der Waals surface area contributed by atoms with Gasteiger partial charge in [-0.05, 0) is 43.5 Å². The molecule has 0 spiro atoms. The smallest absolute Gasteiger partial charge is 0.259 e. The number of fused-ring (bicyclic) bond motifs is 2. The minimum Gasteiger partial charge on any atom is -0.341 e. The summed E-state index contributed by atoms with van der Waals surface area (Å²) in [5, 5.41) is 4.71. The van der Waals surface area contributed by atoms with Crippen molar-refractivity contribution in [2.24, 2.45) is 0 Å². The van der Waals surface area contributed by atoms with E-state index in [1.807, 2.05) is 29.8 Å². The molecule has 5 heterocycles. The molecule has 1 aliphatic heterocycles. The molecule has 28 heavy (non-hydrogen) atoms. The predicted octanol–water partition coefficient (Wildman–Crippen LogP) is 3.88. The normalized spacial score (nSPS) is 14.5. The molecule has 4 aromatic rings. The van der Waals surface area contributed by atoms with Crippen molar-refractivity contribution in [1.29, 1.82) is 0 Å². The van der Waals surface area contributed by atoms with Gasteiger partial charge in [0.1, 0.15) is 5.82 Å². The molecule has 8 heteroatoms. The molecule has 1 aliphatic rings. The lowest BCUT2D eigenvalue weighted by Crippen LogP contribution is -2.30. The largest absolute Gasteiger partial charge is 0.341 e. The van der Waals surface area contributed by atoms with Crippen LogP contribution in [0.4, 0.5) is 11.8 Å². The summed E-state index contributed by atoms with van der Waals surface area (Å²) in [4.78, 5) is 33.0. The summed E-state index contributed by atoms with van der Waals surface area (Å²) >= 11 is 1.48.